The smallest absolute Gasteiger partial charge is 0.417 e. The van der Waals surface area contributed by atoms with Crippen molar-refractivity contribution in [3.05, 3.63) is 88.9 Å². The molecule has 2 unspecified atom stereocenters. The van der Waals surface area contributed by atoms with E-state index in [-0.39, 0.29) is 96.2 Å². The highest BCUT2D eigenvalue weighted by molar-refractivity contribution is 7.13. The van der Waals surface area contributed by atoms with Gasteiger partial charge in [0.25, 0.3) is 0 Å². The van der Waals surface area contributed by atoms with Gasteiger partial charge in [-0.15, -0.1) is 11.3 Å². The predicted molar refractivity (Wildman–Crippen MR) is 324 cm³/mol. The van der Waals surface area contributed by atoms with E-state index in [4.69, 9.17) is 9.47 Å². The van der Waals surface area contributed by atoms with Gasteiger partial charge in [-0.2, -0.15) is 9.97 Å². The largest absolute Gasteiger partial charge is 0.508 e. The molecular formula is C64H80FN11O8S. The molecule has 0 spiro atoms. The summed E-state index contributed by atoms with van der Waals surface area (Å²) in [6, 6.07) is 14.6. The summed E-state index contributed by atoms with van der Waals surface area (Å²) < 4.78 is 29.3. The fourth-order valence-electron chi connectivity index (χ4n) is 13.5. The first-order valence-electron chi connectivity index (χ1n) is 30.4. The third-order valence-electron chi connectivity index (χ3n) is 18.2. The van der Waals surface area contributed by atoms with Crippen LogP contribution in [0.3, 0.4) is 0 Å². The number of aromatic nitrogens is 4. The van der Waals surface area contributed by atoms with Crippen molar-refractivity contribution in [2.75, 3.05) is 65.5 Å². The molecule has 4 amide bonds. The number of rotatable bonds is 17. The van der Waals surface area contributed by atoms with Crippen molar-refractivity contribution in [1.82, 2.24) is 55.5 Å². The third kappa shape index (κ3) is 13.3. The van der Waals surface area contributed by atoms with E-state index in [1.54, 1.807) is 22.3 Å². The highest BCUT2D eigenvalue weighted by Crippen LogP contribution is 2.40. The summed E-state index contributed by atoms with van der Waals surface area (Å²) in [5.41, 5.74) is 5.37. The summed E-state index contributed by atoms with van der Waals surface area (Å²) in [6.07, 6.45) is 7.64. The number of thiazole rings is 1. The van der Waals surface area contributed by atoms with Crippen molar-refractivity contribution in [3.8, 4) is 39.3 Å². The second-order valence-corrected chi connectivity index (χ2v) is 26.0. The minimum absolute atomic E-state index is 0.000910. The summed E-state index contributed by atoms with van der Waals surface area (Å²) in [4.78, 5) is 82.7. The van der Waals surface area contributed by atoms with Crippen LogP contribution in [0.1, 0.15) is 109 Å². The lowest BCUT2D eigenvalue weighted by Crippen LogP contribution is -2.59. The fraction of sp³-hybridized carbons (Fsp3) is 0.531. The summed E-state index contributed by atoms with van der Waals surface area (Å²) in [5, 5.41) is 32.7. The summed E-state index contributed by atoms with van der Waals surface area (Å²) in [6.45, 7) is 17.2. The van der Waals surface area contributed by atoms with Gasteiger partial charge < -0.3 is 40.5 Å². The zero-order valence-corrected chi connectivity index (χ0v) is 50.4. The molecule has 3 aromatic carbocycles. The molecule has 19 nitrogen and oxygen atoms in total. The number of hydrogen-bond donors (Lipinski definition) is 5. The van der Waals surface area contributed by atoms with Crippen LogP contribution in [0.25, 0.3) is 43.4 Å². The topological polar surface area (TPSA) is 228 Å². The van der Waals surface area contributed by atoms with E-state index in [0.717, 1.165) is 109 Å². The van der Waals surface area contributed by atoms with Gasteiger partial charge in [0, 0.05) is 56.4 Å². The van der Waals surface area contributed by atoms with E-state index < -0.39 is 35.5 Å². The predicted octanol–water partition coefficient (Wildman–Crippen LogP) is 8.18. The monoisotopic (exact) mass is 1180 g/mol. The number of pyridine rings is 1. The number of nitrogens with zero attached hydrogens (tertiary/aromatic N) is 8. The number of aromatic hydroxyl groups is 1. The lowest BCUT2D eigenvalue weighted by Gasteiger charge is -2.37. The zero-order chi connectivity index (χ0) is 59.7. The van der Waals surface area contributed by atoms with Gasteiger partial charge in [-0.3, -0.25) is 34.1 Å². The Bertz CT molecular complexity index is 3400. The first-order valence-corrected chi connectivity index (χ1v) is 31.2. The number of fused-ring (bicyclic) bond motifs is 4. The van der Waals surface area contributed by atoms with Gasteiger partial charge in [0.2, 0.25) is 23.6 Å². The molecule has 85 heavy (non-hydrogen) atoms. The van der Waals surface area contributed by atoms with E-state index in [0.29, 0.717) is 43.5 Å². The van der Waals surface area contributed by atoms with E-state index in [1.165, 1.54) is 17.2 Å². The molecule has 5 aliphatic rings. The minimum atomic E-state index is -0.908. The molecule has 21 heteroatoms. The number of phenols is 1. The van der Waals surface area contributed by atoms with Gasteiger partial charge in [-0.05, 0) is 148 Å². The van der Waals surface area contributed by atoms with Gasteiger partial charge in [0.1, 0.15) is 35.7 Å². The molecule has 0 saturated carbocycles. The van der Waals surface area contributed by atoms with Crippen molar-refractivity contribution in [2.24, 2.45) is 17.3 Å². The molecular weight excluding hydrogens is 1100 g/mol. The molecule has 5 aliphatic heterocycles. The molecule has 6 atom stereocenters. The second kappa shape index (κ2) is 25.6. The number of piperazine rings is 1. The van der Waals surface area contributed by atoms with Gasteiger partial charge >= 0.3 is 12.1 Å². The van der Waals surface area contributed by atoms with E-state index >= 15 is 4.39 Å². The van der Waals surface area contributed by atoms with Crippen LogP contribution < -0.4 is 25.4 Å². The first-order chi connectivity index (χ1) is 40.9. The van der Waals surface area contributed by atoms with Gasteiger partial charge in [-0.1, -0.05) is 70.2 Å². The fourth-order valence-corrected chi connectivity index (χ4v) is 14.3. The van der Waals surface area contributed by atoms with Crippen molar-refractivity contribution in [2.45, 2.75) is 136 Å². The minimum Gasteiger partial charge on any atom is -0.508 e. The molecule has 2 bridgehead atoms. The molecule has 3 aromatic heterocycles. The lowest BCUT2D eigenvalue weighted by molar-refractivity contribution is -0.144. The number of nitrogens with one attached hydrogen (secondary N) is 3. The number of carbonyl (C=O) groups is 4. The number of ether oxygens (including phenoxy) is 2. The number of aliphatic hydroxyl groups is 1. The molecule has 8 heterocycles. The van der Waals surface area contributed by atoms with Crippen LogP contribution in [0, 0.1) is 30.0 Å². The summed E-state index contributed by atoms with van der Waals surface area (Å²) >= 11 is 1.58. The summed E-state index contributed by atoms with van der Waals surface area (Å²) in [7, 11) is 0. The van der Waals surface area contributed by atoms with E-state index in [2.05, 4.69) is 45.7 Å². The van der Waals surface area contributed by atoms with Crippen LogP contribution >= 0.6 is 11.3 Å². The molecule has 0 radical (unpaired) electrons. The number of aliphatic hydroxyl groups excluding tert-OH is 1. The van der Waals surface area contributed by atoms with Gasteiger partial charge in [0.15, 0.2) is 5.82 Å². The Hall–Kier alpha value is -6.91. The number of aryl methyl sites for hydroxylation is 2. The Morgan fingerprint density at radius 2 is 1.61 bits per heavy atom. The maximum Gasteiger partial charge on any atom is 0.417 e. The van der Waals surface area contributed by atoms with Gasteiger partial charge in [-0.25, -0.2) is 14.2 Å². The van der Waals surface area contributed by atoms with Crippen molar-refractivity contribution >= 4 is 56.8 Å². The van der Waals surface area contributed by atoms with Crippen LogP contribution in [0.4, 0.5) is 9.18 Å². The van der Waals surface area contributed by atoms with Crippen LogP contribution in [0.2, 0.25) is 0 Å². The number of benzene rings is 3. The van der Waals surface area contributed by atoms with Crippen LogP contribution in [0.15, 0.2) is 66.3 Å². The van der Waals surface area contributed by atoms with Crippen molar-refractivity contribution in [1.29, 1.82) is 0 Å². The summed E-state index contributed by atoms with van der Waals surface area (Å²) in [5.74, 6) is -0.773. The maximum absolute atomic E-state index is 17.1. The molecule has 11 rings (SSSR count). The highest BCUT2D eigenvalue weighted by atomic mass is 32.1. The Labute approximate surface area is 500 Å². The lowest BCUT2D eigenvalue weighted by atomic mass is 9.83. The molecule has 6 aromatic rings. The maximum atomic E-state index is 17.1. The van der Waals surface area contributed by atoms with E-state index in [1.807, 2.05) is 89.5 Å². The van der Waals surface area contributed by atoms with Gasteiger partial charge in [0.05, 0.1) is 40.2 Å². The molecule has 5 N–H and O–H groups in total. The average Bonchev–Trinajstić information content (AvgIpc) is 4.42. The number of amides is 4. The average molecular weight is 1180 g/mol. The third-order valence-corrected chi connectivity index (χ3v) is 19.2. The Balaban J connectivity index is 0.659. The van der Waals surface area contributed by atoms with Crippen LogP contribution in [-0.2, 0) is 20.8 Å². The quantitative estimate of drug-likeness (QED) is 0.0580. The van der Waals surface area contributed by atoms with Crippen molar-refractivity contribution in [3.63, 3.8) is 0 Å². The Morgan fingerprint density at radius 1 is 0.906 bits per heavy atom. The highest BCUT2D eigenvalue weighted by Gasteiger charge is 2.45. The van der Waals surface area contributed by atoms with Crippen LogP contribution in [-0.4, -0.2) is 169 Å². The molecule has 452 valence electrons. The Kier molecular flexibility index (Phi) is 18.0. The standard InChI is InChI=1S/C64H80FN11O8S/c1-7-41-9-8-10-44-28-47(77)29-49(53(41)44)55-54(65)56-50(33-67-55)60(84-63(82)76-45-15-16-46(76)32-66-31-45)72-62(71-56)83-26-25-73-21-17-39(18-22-73)27-40-19-23-74(24-20-40)35-52(79)70-58(64(4,5)6)61(81)75-34-48(78)30-51(75)59(80)69-37(2)42-11-13-43(14-12-42)57-38(3)68-36-85-57/h8-14,28-29,33,36-37,39-40,45-46,48,51,58,66,77-78H,7,15-27,30-32,34-35H2,1-6H3,(H,69,80)(H,70,79)/t37-,45?,46?,48+,51-,58+/m0/s1. The number of phenolic OH excluding ortho intramolecular Hbond substituents is 1. The molecule has 0 aliphatic carbocycles. The van der Waals surface area contributed by atoms with Crippen molar-refractivity contribution < 1.29 is 43.3 Å². The van der Waals surface area contributed by atoms with Crippen LogP contribution in [0.5, 0.6) is 17.6 Å². The number of hydrogen-bond acceptors (Lipinski definition) is 16. The number of carbonyl (C=O) groups excluding carboxylic acids is 4. The SMILES string of the molecule is CCc1cccc2cc(O)cc(-c3ncc4c(OC(=O)N5C6CCC5CNC6)nc(OCCN5CCC(CC6CCN(CC(=O)N[C@H](C(=O)N7C[C@H](O)C[C@H]7C(=O)N[C@@H](C)c7ccc(-c8scnc8C)cc7)C(C)(C)C)CC6)CC5)nc4c3F)c12. The number of likely N-dealkylation sites (tertiary alicyclic amines) is 3. The second-order valence-electron chi connectivity index (χ2n) is 25.1. The van der Waals surface area contributed by atoms with E-state index in [9.17, 15) is 29.4 Å². The normalized spacial score (nSPS) is 21.6. The Morgan fingerprint density at radius 3 is 2.28 bits per heavy atom. The number of β-amino-alcohol motifs (C(OH)–C–C–N with tert-alkyl or cyclic N) is 1. The molecule has 5 saturated heterocycles. The number of piperidine rings is 2. The molecule has 5 fully saturated rings. The zero-order valence-electron chi connectivity index (χ0n) is 49.6. The first kappa shape index (κ1) is 59.8. The number of halogens is 1.